The van der Waals surface area contributed by atoms with Gasteiger partial charge in [-0.15, -0.1) is 0 Å². The van der Waals surface area contributed by atoms with Gasteiger partial charge in [0.05, 0.1) is 6.20 Å². The van der Waals surface area contributed by atoms with E-state index in [-0.39, 0.29) is 5.16 Å². The molecule has 0 radical (unpaired) electrons. The van der Waals surface area contributed by atoms with Gasteiger partial charge < -0.3 is 5.32 Å². The van der Waals surface area contributed by atoms with Crippen LogP contribution in [0.2, 0.25) is 0 Å². The van der Waals surface area contributed by atoms with Crippen LogP contribution in [0.4, 0.5) is 11.5 Å². The van der Waals surface area contributed by atoms with E-state index in [0.717, 1.165) is 16.4 Å². The Hall–Kier alpha value is -2.13. The zero-order valence-electron chi connectivity index (χ0n) is 11.4. The number of rotatable bonds is 3. The quantitative estimate of drug-likeness (QED) is 0.697. The number of benzene rings is 1. The van der Waals surface area contributed by atoms with Crippen LogP contribution in [-0.4, -0.2) is 34.6 Å². The number of nitrogens with one attached hydrogen (secondary N) is 1. The molecule has 1 aromatic carbocycles. The first-order valence-corrected chi connectivity index (χ1v) is 8.82. The highest BCUT2D eigenvalue weighted by molar-refractivity contribution is 9.10. The summed E-state index contributed by atoms with van der Waals surface area (Å²) >= 11 is 3.39. The monoisotopic (exact) mass is 379 g/mol. The normalized spacial score (nSPS) is 11.5. The highest BCUT2D eigenvalue weighted by Crippen LogP contribution is 2.23. The minimum Gasteiger partial charge on any atom is -0.338 e. The summed E-state index contributed by atoms with van der Waals surface area (Å²) in [4.78, 5) is 16.1. The number of sulfone groups is 1. The number of nitrogens with zero attached hydrogens (tertiary/aromatic N) is 4. The molecule has 112 valence electrons. The van der Waals surface area contributed by atoms with Crippen molar-refractivity contribution in [2.24, 2.45) is 0 Å². The van der Waals surface area contributed by atoms with Gasteiger partial charge in [-0.05, 0) is 18.2 Å². The minimum atomic E-state index is -3.50. The van der Waals surface area contributed by atoms with E-state index < -0.39 is 9.84 Å². The van der Waals surface area contributed by atoms with Crippen LogP contribution in [0.25, 0.3) is 11.0 Å². The highest BCUT2D eigenvalue weighted by Gasteiger charge is 2.14. The summed E-state index contributed by atoms with van der Waals surface area (Å²) in [6, 6.07) is 7.49. The van der Waals surface area contributed by atoms with Gasteiger partial charge >= 0.3 is 0 Å². The van der Waals surface area contributed by atoms with Crippen molar-refractivity contribution in [1.29, 1.82) is 0 Å². The van der Waals surface area contributed by atoms with E-state index >= 15 is 0 Å². The molecule has 0 saturated heterocycles. The zero-order chi connectivity index (χ0) is 15.7. The second-order valence-corrected chi connectivity index (χ2v) is 7.34. The molecule has 0 unspecified atom stereocenters. The van der Waals surface area contributed by atoms with E-state index in [1.165, 1.54) is 12.5 Å². The lowest BCUT2D eigenvalue weighted by atomic mass is 10.3. The third-order valence-corrected chi connectivity index (χ3v) is 4.13. The fourth-order valence-electron chi connectivity index (χ4n) is 1.81. The van der Waals surface area contributed by atoms with Crippen molar-refractivity contribution in [1.82, 2.24) is 19.9 Å². The van der Waals surface area contributed by atoms with Crippen LogP contribution in [0, 0.1) is 0 Å². The van der Waals surface area contributed by atoms with Crippen LogP contribution in [0.1, 0.15) is 0 Å². The zero-order valence-corrected chi connectivity index (χ0v) is 13.8. The van der Waals surface area contributed by atoms with Crippen molar-refractivity contribution < 1.29 is 8.42 Å². The molecule has 0 aliphatic heterocycles. The molecule has 22 heavy (non-hydrogen) atoms. The summed E-state index contributed by atoms with van der Waals surface area (Å²) in [6.45, 7) is 0. The van der Waals surface area contributed by atoms with Gasteiger partial charge in [0.15, 0.2) is 5.82 Å². The predicted octanol–water partition coefficient (Wildman–Crippen LogP) is 2.33. The first-order valence-electron chi connectivity index (χ1n) is 6.14. The van der Waals surface area contributed by atoms with Crippen LogP contribution >= 0.6 is 15.9 Å². The van der Waals surface area contributed by atoms with Gasteiger partial charge in [-0.1, -0.05) is 22.0 Å². The summed E-state index contributed by atoms with van der Waals surface area (Å²) in [5, 5.41) is 2.84. The van der Waals surface area contributed by atoms with Crippen LogP contribution in [-0.2, 0) is 9.84 Å². The van der Waals surface area contributed by atoms with Gasteiger partial charge in [0.2, 0.25) is 15.0 Å². The topological polar surface area (TPSA) is 97.7 Å². The first kappa shape index (κ1) is 14.8. The van der Waals surface area contributed by atoms with Gasteiger partial charge in [0.1, 0.15) is 17.4 Å². The summed E-state index contributed by atoms with van der Waals surface area (Å²) in [6.07, 6.45) is 3.79. The lowest BCUT2D eigenvalue weighted by Gasteiger charge is -2.08. The van der Waals surface area contributed by atoms with Crippen LogP contribution in [0.3, 0.4) is 0 Å². The summed E-state index contributed by atoms with van der Waals surface area (Å²) in [5.41, 5.74) is 1.59. The maximum absolute atomic E-state index is 11.6. The first-order chi connectivity index (χ1) is 10.4. The van der Waals surface area contributed by atoms with E-state index in [1.807, 2.05) is 24.3 Å². The van der Waals surface area contributed by atoms with Gasteiger partial charge in [0.25, 0.3) is 0 Å². The third kappa shape index (κ3) is 3.04. The Morgan fingerprint density at radius 1 is 1.18 bits per heavy atom. The number of hydrogen-bond donors (Lipinski definition) is 1. The fourth-order valence-corrected chi connectivity index (χ4v) is 2.71. The standard InChI is InChI=1S/C13H10BrN5O2S/c1-22(20,21)13-15-6-10-11(19-13)12(17-7-16-10)18-9-4-2-3-8(14)5-9/h2-7H,1H3,(H,16,17,18). The molecule has 0 amide bonds. The molecule has 3 aromatic rings. The summed E-state index contributed by atoms with van der Waals surface area (Å²) < 4.78 is 24.1. The average Bonchev–Trinajstić information content (AvgIpc) is 2.46. The molecular weight excluding hydrogens is 370 g/mol. The lowest BCUT2D eigenvalue weighted by Crippen LogP contribution is -2.06. The molecule has 0 saturated carbocycles. The second kappa shape index (κ2) is 5.58. The van der Waals surface area contributed by atoms with Crippen molar-refractivity contribution in [3.63, 3.8) is 0 Å². The Labute approximate surface area is 134 Å². The third-order valence-electron chi connectivity index (χ3n) is 2.77. The SMILES string of the molecule is CS(=O)(=O)c1ncc2ncnc(Nc3cccc(Br)c3)c2n1. The number of anilines is 2. The van der Waals surface area contributed by atoms with E-state index in [0.29, 0.717) is 16.9 Å². The number of aromatic nitrogens is 4. The Morgan fingerprint density at radius 2 is 2.00 bits per heavy atom. The van der Waals surface area contributed by atoms with E-state index in [4.69, 9.17) is 0 Å². The molecule has 7 nitrogen and oxygen atoms in total. The Bertz CT molecular complexity index is 962. The van der Waals surface area contributed by atoms with E-state index in [9.17, 15) is 8.42 Å². The Balaban J connectivity index is 2.13. The highest BCUT2D eigenvalue weighted by atomic mass is 79.9. The van der Waals surface area contributed by atoms with Crippen molar-refractivity contribution in [3.05, 3.63) is 41.3 Å². The maximum Gasteiger partial charge on any atom is 0.247 e. The van der Waals surface area contributed by atoms with Gasteiger partial charge in [-0.2, -0.15) is 0 Å². The van der Waals surface area contributed by atoms with Gasteiger partial charge in [0, 0.05) is 16.4 Å². The number of hydrogen-bond acceptors (Lipinski definition) is 7. The molecule has 0 fully saturated rings. The molecule has 9 heteroatoms. The number of halogens is 1. The van der Waals surface area contributed by atoms with Gasteiger partial charge in [-0.25, -0.2) is 28.4 Å². The molecule has 2 aromatic heterocycles. The van der Waals surface area contributed by atoms with Crippen LogP contribution < -0.4 is 5.32 Å². The van der Waals surface area contributed by atoms with Crippen molar-refractivity contribution in [3.8, 4) is 0 Å². The molecule has 3 rings (SSSR count). The number of fused-ring (bicyclic) bond motifs is 1. The molecule has 0 bridgehead atoms. The molecule has 1 N–H and O–H groups in total. The van der Waals surface area contributed by atoms with Crippen molar-refractivity contribution in [2.75, 3.05) is 11.6 Å². The molecule has 0 aliphatic rings. The predicted molar refractivity (Wildman–Crippen MR) is 85.7 cm³/mol. The van der Waals surface area contributed by atoms with Crippen molar-refractivity contribution >= 4 is 48.3 Å². The summed E-state index contributed by atoms with van der Waals surface area (Å²) in [5.74, 6) is 0.412. The molecular formula is C13H10BrN5O2S. The Kier molecular flexibility index (Phi) is 3.75. The smallest absolute Gasteiger partial charge is 0.247 e. The largest absolute Gasteiger partial charge is 0.338 e. The summed E-state index contributed by atoms with van der Waals surface area (Å²) in [7, 11) is -3.50. The second-order valence-electron chi connectivity index (χ2n) is 4.52. The lowest BCUT2D eigenvalue weighted by molar-refractivity contribution is 0.593. The van der Waals surface area contributed by atoms with Crippen LogP contribution in [0.5, 0.6) is 0 Å². The molecule has 0 aliphatic carbocycles. The molecule has 0 atom stereocenters. The van der Waals surface area contributed by atoms with Crippen molar-refractivity contribution in [2.45, 2.75) is 5.16 Å². The minimum absolute atomic E-state index is 0.257. The van der Waals surface area contributed by atoms with Crippen LogP contribution in [0.15, 0.2) is 46.4 Å². The fraction of sp³-hybridized carbons (Fsp3) is 0.0769. The van der Waals surface area contributed by atoms with E-state index in [2.05, 4.69) is 41.2 Å². The molecule has 0 spiro atoms. The molecule has 2 heterocycles. The van der Waals surface area contributed by atoms with E-state index in [1.54, 1.807) is 0 Å². The van der Waals surface area contributed by atoms with Gasteiger partial charge in [-0.3, -0.25) is 0 Å². The Morgan fingerprint density at radius 3 is 2.73 bits per heavy atom. The maximum atomic E-state index is 11.6. The average molecular weight is 380 g/mol.